The lowest BCUT2D eigenvalue weighted by Gasteiger charge is -2.18. The van der Waals surface area contributed by atoms with Gasteiger partial charge in [-0.1, -0.05) is 35.3 Å². The summed E-state index contributed by atoms with van der Waals surface area (Å²) in [6, 6.07) is 7.20. The van der Waals surface area contributed by atoms with E-state index in [1.165, 1.54) is 24.4 Å². The number of aryl methyl sites for hydroxylation is 1. The number of nitrogens with zero attached hydrogens (tertiary/aromatic N) is 1. The zero-order valence-corrected chi connectivity index (χ0v) is 13.3. The molecule has 0 aliphatic carbocycles. The van der Waals surface area contributed by atoms with Crippen LogP contribution < -0.4 is 0 Å². The quantitative estimate of drug-likeness (QED) is 0.675. The van der Waals surface area contributed by atoms with Gasteiger partial charge in [-0.05, 0) is 30.7 Å². The number of rotatable bonds is 5. The van der Waals surface area contributed by atoms with Gasteiger partial charge < -0.3 is 0 Å². The molecule has 22 heavy (non-hydrogen) atoms. The van der Waals surface area contributed by atoms with Crippen molar-refractivity contribution in [2.45, 2.75) is 25.7 Å². The van der Waals surface area contributed by atoms with E-state index in [0.717, 1.165) is 0 Å². The minimum absolute atomic E-state index is 0.112. The van der Waals surface area contributed by atoms with E-state index in [1.807, 2.05) is 0 Å². The van der Waals surface area contributed by atoms with Crippen LogP contribution in [0.2, 0.25) is 10.0 Å². The molecule has 2 nitrogen and oxygen atoms in total. The number of hydrogen-bond acceptors (Lipinski definition) is 2. The molecule has 0 atom stereocenters. The first kappa shape index (κ1) is 16.8. The van der Waals surface area contributed by atoms with Crippen LogP contribution >= 0.6 is 23.2 Å². The standard InChI is InChI=1S/C16H13Cl2F2NO/c1-10-3-2-8-21-15(10)14(22)6-7-16(19,20)12-5-4-11(17)9-13(12)18/h2-5,8-9H,6-7H2,1H3. The topological polar surface area (TPSA) is 30.0 Å². The first-order chi connectivity index (χ1) is 10.3. The maximum absolute atomic E-state index is 14.2. The number of carbonyl (C=O) groups excluding carboxylic acids is 1. The van der Waals surface area contributed by atoms with Crippen molar-refractivity contribution in [3.05, 3.63) is 63.4 Å². The summed E-state index contributed by atoms with van der Waals surface area (Å²) in [6.07, 6.45) is 0.515. The summed E-state index contributed by atoms with van der Waals surface area (Å²) in [5.41, 5.74) is 0.560. The predicted molar refractivity (Wildman–Crippen MR) is 82.9 cm³/mol. The number of ketones is 1. The van der Waals surface area contributed by atoms with Crippen LogP contribution in [0.3, 0.4) is 0 Å². The molecule has 1 aromatic carbocycles. The fourth-order valence-electron chi connectivity index (χ4n) is 2.09. The zero-order valence-electron chi connectivity index (χ0n) is 11.7. The van der Waals surface area contributed by atoms with Gasteiger partial charge in [-0.2, -0.15) is 0 Å². The summed E-state index contributed by atoms with van der Waals surface area (Å²) < 4.78 is 28.5. The van der Waals surface area contributed by atoms with Crippen molar-refractivity contribution in [1.29, 1.82) is 0 Å². The minimum Gasteiger partial charge on any atom is -0.292 e. The molecule has 0 radical (unpaired) electrons. The third-order valence-corrected chi connectivity index (χ3v) is 3.81. The number of carbonyl (C=O) groups is 1. The molecular weight excluding hydrogens is 331 g/mol. The van der Waals surface area contributed by atoms with E-state index in [-0.39, 0.29) is 27.7 Å². The van der Waals surface area contributed by atoms with Gasteiger partial charge in [-0.3, -0.25) is 9.78 Å². The van der Waals surface area contributed by atoms with E-state index in [4.69, 9.17) is 23.2 Å². The molecule has 0 aliphatic heterocycles. The van der Waals surface area contributed by atoms with Gasteiger partial charge in [0.1, 0.15) is 5.69 Å². The lowest BCUT2D eigenvalue weighted by Crippen LogP contribution is -2.17. The van der Waals surface area contributed by atoms with Crippen LogP contribution in [0.15, 0.2) is 36.5 Å². The molecule has 2 aromatic rings. The molecule has 0 N–H and O–H groups in total. The number of alkyl halides is 2. The number of aromatic nitrogens is 1. The molecule has 0 saturated heterocycles. The Labute approximate surface area is 137 Å². The Hall–Kier alpha value is -1.52. The number of pyridine rings is 1. The highest BCUT2D eigenvalue weighted by Gasteiger charge is 2.34. The van der Waals surface area contributed by atoms with Gasteiger partial charge >= 0.3 is 0 Å². The average Bonchev–Trinajstić information content (AvgIpc) is 2.45. The van der Waals surface area contributed by atoms with Gasteiger partial charge in [0.2, 0.25) is 0 Å². The highest BCUT2D eigenvalue weighted by molar-refractivity contribution is 6.35. The highest BCUT2D eigenvalue weighted by Crippen LogP contribution is 2.38. The fraction of sp³-hybridized carbons (Fsp3) is 0.250. The Morgan fingerprint density at radius 2 is 2.00 bits per heavy atom. The Bertz CT molecular complexity index is 704. The maximum Gasteiger partial charge on any atom is 0.275 e. The Morgan fingerprint density at radius 3 is 2.64 bits per heavy atom. The minimum atomic E-state index is -3.21. The first-order valence-electron chi connectivity index (χ1n) is 6.59. The van der Waals surface area contributed by atoms with Gasteiger partial charge in [0.15, 0.2) is 5.78 Å². The SMILES string of the molecule is Cc1cccnc1C(=O)CCC(F)(F)c1ccc(Cl)cc1Cl. The molecule has 0 bridgehead atoms. The molecule has 1 heterocycles. The van der Waals surface area contributed by atoms with Crippen LogP contribution in [0.25, 0.3) is 0 Å². The molecule has 2 rings (SSSR count). The molecule has 0 amide bonds. The van der Waals surface area contributed by atoms with Gasteiger partial charge in [-0.15, -0.1) is 0 Å². The van der Waals surface area contributed by atoms with Crippen LogP contribution in [0.5, 0.6) is 0 Å². The molecule has 0 saturated carbocycles. The second-order valence-electron chi connectivity index (χ2n) is 4.92. The molecule has 0 spiro atoms. The van der Waals surface area contributed by atoms with E-state index < -0.39 is 18.1 Å². The smallest absolute Gasteiger partial charge is 0.275 e. The highest BCUT2D eigenvalue weighted by atomic mass is 35.5. The third-order valence-electron chi connectivity index (χ3n) is 3.26. The molecule has 0 unspecified atom stereocenters. The van der Waals surface area contributed by atoms with Crippen LogP contribution in [0, 0.1) is 6.92 Å². The lowest BCUT2D eigenvalue weighted by molar-refractivity contribution is -0.0140. The third kappa shape index (κ3) is 3.81. The number of halogens is 4. The molecular formula is C16H13Cl2F2NO. The van der Waals surface area contributed by atoms with Crippen molar-refractivity contribution >= 4 is 29.0 Å². The van der Waals surface area contributed by atoms with Crippen molar-refractivity contribution in [3.8, 4) is 0 Å². The summed E-state index contributed by atoms with van der Waals surface area (Å²) in [6.45, 7) is 1.72. The van der Waals surface area contributed by atoms with Crippen molar-refractivity contribution in [1.82, 2.24) is 4.98 Å². The predicted octanol–water partition coefficient (Wildman–Crippen LogP) is 5.45. The summed E-state index contributed by atoms with van der Waals surface area (Å²) in [4.78, 5) is 16.0. The maximum atomic E-state index is 14.2. The summed E-state index contributed by atoms with van der Waals surface area (Å²) in [5, 5.41) is 0.170. The second kappa shape index (κ2) is 6.71. The largest absolute Gasteiger partial charge is 0.292 e. The first-order valence-corrected chi connectivity index (χ1v) is 7.35. The van der Waals surface area contributed by atoms with Gasteiger partial charge in [0, 0.05) is 29.6 Å². The fourth-order valence-corrected chi connectivity index (χ4v) is 2.63. The Balaban J connectivity index is 2.13. The van der Waals surface area contributed by atoms with Crippen molar-refractivity contribution in [2.24, 2.45) is 0 Å². The Kier molecular flexibility index (Phi) is 5.14. The van der Waals surface area contributed by atoms with E-state index >= 15 is 0 Å². The molecule has 1 aromatic heterocycles. The molecule has 6 heteroatoms. The van der Waals surface area contributed by atoms with Crippen LogP contribution in [-0.2, 0) is 5.92 Å². The molecule has 116 valence electrons. The number of Topliss-reactive ketones (excluding diaryl/α,β-unsaturated/α-hetero) is 1. The average molecular weight is 344 g/mol. The van der Waals surface area contributed by atoms with E-state index in [9.17, 15) is 13.6 Å². The van der Waals surface area contributed by atoms with Crippen molar-refractivity contribution < 1.29 is 13.6 Å². The lowest BCUT2D eigenvalue weighted by atomic mass is 10.00. The van der Waals surface area contributed by atoms with Gasteiger partial charge in [0.05, 0.1) is 5.02 Å². The number of hydrogen-bond donors (Lipinski definition) is 0. The Morgan fingerprint density at radius 1 is 1.27 bits per heavy atom. The van der Waals surface area contributed by atoms with Crippen LogP contribution in [0.4, 0.5) is 8.78 Å². The monoisotopic (exact) mass is 343 g/mol. The second-order valence-corrected chi connectivity index (χ2v) is 5.76. The van der Waals surface area contributed by atoms with Crippen molar-refractivity contribution in [3.63, 3.8) is 0 Å². The normalized spacial score (nSPS) is 11.5. The number of benzene rings is 1. The molecule has 0 aliphatic rings. The van der Waals surface area contributed by atoms with E-state index in [0.29, 0.717) is 5.56 Å². The zero-order chi connectivity index (χ0) is 16.3. The van der Waals surface area contributed by atoms with E-state index in [2.05, 4.69) is 4.98 Å². The van der Waals surface area contributed by atoms with Gasteiger partial charge in [-0.25, -0.2) is 8.78 Å². The molecule has 0 fully saturated rings. The summed E-state index contributed by atoms with van der Waals surface area (Å²) in [5.74, 6) is -3.62. The van der Waals surface area contributed by atoms with Crippen LogP contribution in [-0.4, -0.2) is 10.8 Å². The van der Waals surface area contributed by atoms with E-state index in [1.54, 1.807) is 19.1 Å². The van der Waals surface area contributed by atoms with Crippen LogP contribution in [0.1, 0.15) is 34.5 Å². The van der Waals surface area contributed by atoms with Gasteiger partial charge in [0.25, 0.3) is 5.92 Å². The summed E-state index contributed by atoms with van der Waals surface area (Å²) >= 11 is 11.5. The summed E-state index contributed by atoms with van der Waals surface area (Å²) in [7, 11) is 0. The van der Waals surface area contributed by atoms with Crippen molar-refractivity contribution in [2.75, 3.05) is 0 Å².